The van der Waals surface area contributed by atoms with Gasteiger partial charge in [-0.1, -0.05) is 23.4 Å². The Bertz CT molecular complexity index is 252. The maximum atomic E-state index is 4.10. The minimum atomic E-state index is 0.896. The van der Waals surface area contributed by atoms with Crippen molar-refractivity contribution in [3.8, 4) is 0 Å². The van der Waals surface area contributed by atoms with Gasteiger partial charge < -0.3 is 0 Å². The molecule has 0 aromatic heterocycles. The quantitative estimate of drug-likeness (QED) is 0.513. The highest BCUT2D eigenvalue weighted by molar-refractivity contribution is 5.34. The van der Waals surface area contributed by atoms with Crippen molar-refractivity contribution in [1.29, 1.82) is 0 Å². The Balaban J connectivity index is 2.57. The summed E-state index contributed by atoms with van der Waals surface area (Å²) in [4.78, 5) is 0. The summed E-state index contributed by atoms with van der Waals surface area (Å²) in [5, 5.41) is 10.1. The monoisotopic (exact) mass is 177 g/mol. The molecule has 3 heteroatoms. The summed E-state index contributed by atoms with van der Waals surface area (Å²) >= 11 is 0. The van der Waals surface area contributed by atoms with Gasteiger partial charge in [0, 0.05) is 13.1 Å². The van der Waals surface area contributed by atoms with E-state index in [4.69, 9.17) is 0 Å². The first-order valence-corrected chi connectivity index (χ1v) is 4.58. The molecule has 1 aromatic carbocycles. The summed E-state index contributed by atoms with van der Waals surface area (Å²) in [5.74, 6) is 0. The third-order valence-corrected chi connectivity index (χ3v) is 1.77. The molecular formula is C10H15N3. The predicted octanol–water partition coefficient (Wildman–Crippen LogP) is 3.03. The Kier molecular flexibility index (Phi) is 3.96. The molecule has 0 aliphatic carbocycles. The van der Waals surface area contributed by atoms with E-state index < -0.39 is 0 Å². The molecule has 70 valence electrons. The van der Waals surface area contributed by atoms with E-state index in [0.29, 0.717) is 0 Å². The summed E-state index contributed by atoms with van der Waals surface area (Å²) in [6, 6.07) is 9.75. The molecule has 1 rings (SSSR count). The van der Waals surface area contributed by atoms with Crippen LogP contribution >= 0.6 is 0 Å². The Morgan fingerprint density at radius 1 is 1.08 bits per heavy atom. The van der Waals surface area contributed by atoms with Gasteiger partial charge in [-0.2, -0.15) is 0 Å². The SMILES string of the molecule is CCN(CC)N=Nc1ccccc1. The van der Waals surface area contributed by atoms with E-state index in [1.54, 1.807) is 0 Å². The van der Waals surface area contributed by atoms with Crippen LogP contribution in [0.5, 0.6) is 0 Å². The fourth-order valence-electron chi connectivity index (χ4n) is 0.960. The maximum Gasteiger partial charge on any atom is 0.0874 e. The lowest BCUT2D eigenvalue weighted by atomic mass is 10.3. The van der Waals surface area contributed by atoms with Gasteiger partial charge in [0.1, 0.15) is 0 Å². The Hall–Kier alpha value is -1.38. The molecule has 13 heavy (non-hydrogen) atoms. The minimum Gasteiger partial charge on any atom is -0.279 e. The first kappa shape index (κ1) is 9.71. The Morgan fingerprint density at radius 2 is 1.69 bits per heavy atom. The largest absolute Gasteiger partial charge is 0.279 e. The average Bonchev–Trinajstić information content (AvgIpc) is 2.21. The molecule has 0 N–H and O–H groups in total. The fourth-order valence-corrected chi connectivity index (χ4v) is 0.960. The van der Waals surface area contributed by atoms with Crippen molar-refractivity contribution in [1.82, 2.24) is 5.01 Å². The van der Waals surface area contributed by atoms with Gasteiger partial charge in [0.15, 0.2) is 0 Å². The third-order valence-electron chi connectivity index (χ3n) is 1.77. The van der Waals surface area contributed by atoms with Crippen LogP contribution in [0.4, 0.5) is 5.69 Å². The van der Waals surface area contributed by atoms with E-state index >= 15 is 0 Å². The summed E-state index contributed by atoms with van der Waals surface area (Å²) in [5.41, 5.74) is 0.898. The molecule has 0 aliphatic heterocycles. The molecule has 0 amide bonds. The van der Waals surface area contributed by atoms with Gasteiger partial charge >= 0.3 is 0 Å². The normalized spacial score (nSPS) is 10.6. The second-order valence-corrected chi connectivity index (χ2v) is 2.66. The van der Waals surface area contributed by atoms with E-state index in [1.807, 2.05) is 35.3 Å². The Morgan fingerprint density at radius 3 is 2.23 bits per heavy atom. The molecule has 0 saturated heterocycles. The summed E-state index contributed by atoms with van der Waals surface area (Å²) in [6.45, 7) is 5.92. The zero-order valence-corrected chi connectivity index (χ0v) is 8.14. The highest BCUT2D eigenvalue weighted by Crippen LogP contribution is 2.10. The van der Waals surface area contributed by atoms with Crippen molar-refractivity contribution >= 4 is 5.69 Å². The van der Waals surface area contributed by atoms with Crippen LogP contribution < -0.4 is 0 Å². The molecule has 0 bridgehead atoms. The molecule has 0 radical (unpaired) electrons. The number of benzene rings is 1. The number of nitrogens with zero attached hydrogens (tertiary/aromatic N) is 3. The highest BCUT2D eigenvalue weighted by atomic mass is 15.5. The van der Waals surface area contributed by atoms with Crippen LogP contribution in [0, 0.1) is 0 Å². The lowest BCUT2D eigenvalue weighted by molar-refractivity contribution is 0.301. The van der Waals surface area contributed by atoms with Crippen molar-refractivity contribution in [2.24, 2.45) is 10.3 Å². The topological polar surface area (TPSA) is 28.0 Å². The molecule has 0 fully saturated rings. The fraction of sp³-hybridized carbons (Fsp3) is 0.400. The van der Waals surface area contributed by atoms with Gasteiger partial charge in [-0.3, -0.25) is 5.01 Å². The lowest BCUT2D eigenvalue weighted by Crippen LogP contribution is -2.14. The van der Waals surface area contributed by atoms with E-state index in [1.165, 1.54) is 0 Å². The van der Waals surface area contributed by atoms with Crippen molar-refractivity contribution < 1.29 is 0 Å². The van der Waals surface area contributed by atoms with Gasteiger partial charge in [0.25, 0.3) is 0 Å². The number of hydrogen-bond acceptors (Lipinski definition) is 2. The lowest BCUT2D eigenvalue weighted by Gasteiger charge is -2.10. The average molecular weight is 177 g/mol. The second-order valence-electron chi connectivity index (χ2n) is 2.66. The smallest absolute Gasteiger partial charge is 0.0874 e. The number of rotatable bonds is 4. The zero-order chi connectivity index (χ0) is 9.52. The first-order valence-electron chi connectivity index (χ1n) is 4.58. The van der Waals surface area contributed by atoms with Gasteiger partial charge in [-0.05, 0) is 26.0 Å². The molecule has 0 saturated carbocycles. The second kappa shape index (κ2) is 5.30. The summed E-state index contributed by atoms with van der Waals surface area (Å²) in [7, 11) is 0. The molecule has 0 spiro atoms. The maximum absolute atomic E-state index is 4.10. The number of hydrogen-bond donors (Lipinski definition) is 0. The van der Waals surface area contributed by atoms with Crippen LogP contribution in [-0.4, -0.2) is 18.1 Å². The standard InChI is InChI=1S/C10H15N3/c1-3-13(4-2)12-11-10-8-6-5-7-9-10/h5-9H,3-4H2,1-2H3. The van der Waals surface area contributed by atoms with Crippen molar-refractivity contribution in [2.45, 2.75) is 13.8 Å². The van der Waals surface area contributed by atoms with E-state index in [2.05, 4.69) is 24.2 Å². The summed E-state index contributed by atoms with van der Waals surface area (Å²) < 4.78 is 0. The van der Waals surface area contributed by atoms with Gasteiger partial charge in [0.05, 0.1) is 5.69 Å². The van der Waals surface area contributed by atoms with Crippen molar-refractivity contribution in [2.75, 3.05) is 13.1 Å². The minimum absolute atomic E-state index is 0.896. The molecule has 3 nitrogen and oxygen atoms in total. The molecule has 0 aliphatic rings. The third kappa shape index (κ3) is 3.23. The van der Waals surface area contributed by atoms with E-state index in [0.717, 1.165) is 18.8 Å². The Labute approximate surface area is 79.1 Å². The van der Waals surface area contributed by atoms with Crippen LogP contribution in [0.15, 0.2) is 40.7 Å². The molecule has 0 atom stereocenters. The molecule has 0 unspecified atom stereocenters. The molecule has 0 heterocycles. The zero-order valence-electron chi connectivity index (χ0n) is 8.14. The van der Waals surface area contributed by atoms with Gasteiger partial charge in [-0.25, -0.2) is 0 Å². The van der Waals surface area contributed by atoms with E-state index in [9.17, 15) is 0 Å². The van der Waals surface area contributed by atoms with E-state index in [-0.39, 0.29) is 0 Å². The van der Waals surface area contributed by atoms with Crippen LogP contribution in [0.25, 0.3) is 0 Å². The summed E-state index contributed by atoms with van der Waals surface area (Å²) in [6.07, 6.45) is 0. The highest BCUT2D eigenvalue weighted by Gasteiger charge is 1.91. The predicted molar refractivity (Wildman–Crippen MR) is 53.9 cm³/mol. The van der Waals surface area contributed by atoms with Gasteiger partial charge in [0.2, 0.25) is 0 Å². The van der Waals surface area contributed by atoms with Crippen LogP contribution in [0.2, 0.25) is 0 Å². The van der Waals surface area contributed by atoms with Crippen LogP contribution in [-0.2, 0) is 0 Å². The van der Waals surface area contributed by atoms with Crippen molar-refractivity contribution in [3.63, 3.8) is 0 Å². The van der Waals surface area contributed by atoms with Crippen LogP contribution in [0.1, 0.15) is 13.8 Å². The molecule has 1 aromatic rings. The van der Waals surface area contributed by atoms with Crippen molar-refractivity contribution in [3.05, 3.63) is 30.3 Å². The molecular weight excluding hydrogens is 162 g/mol. The first-order chi connectivity index (χ1) is 6.36. The van der Waals surface area contributed by atoms with Gasteiger partial charge in [-0.15, -0.1) is 5.11 Å². The van der Waals surface area contributed by atoms with Crippen LogP contribution in [0.3, 0.4) is 0 Å².